The van der Waals surface area contributed by atoms with Crippen molar-refractivity contribution < 1.29 is 18.6 Å². The smallest absolute Gasteiger partial charge is 0.138 e. The van der Waals surface area contributed by atoms with Gasteiger partial charge < -0.3 is 15.2 Å². The molecule has 2 heterocycles. The van der Waals surface area contributed by atoms with Crippen LogP contribution in [-0.2, 0) is 12.8 Å². The predicted octanol–water partition coefficient (Wildman–Crippen LogP) is 3.80. The Balaban J connectivity index is 1.49. The Morgan fingerprint density at radius 1 is 1.15 bits per heavy atom. The van der Waals surface area contributed by atoms with E-state index in [4.69, 9.17) is 4.74 Å². The fraction of sp³-hybridized carbons (Fsp3) is 0.480. The molecule has 2 aromatic carbocycles. The van der Waals surface area contributed by atoms with Crippen LogP contribution in [0, 0.1) is 17.0 Å². The van der Waals surface area contributed by atoms with Crippen LogP contribution in [0.15, 0.2) is 42.7 Å². The largest absolute Gasteiger partial charge is 0.493 e. The molecule has 4 rings (SSSR count). The van der Waals surface area contributed by atoms with Gasteiger partial charge in [-0.1, -0.05) is 32.9 Å². The topological polar surface area (TPSA) is 85.1 Å². The molecule has 1 aromatic heterocycles. The Morgan fingerprint density at radius 3 is 2.59 bits per heavy atom. The molecular formula is C25H31F2N5O2. The molecule has 1 aliphatic rings. The maximum absolute atomic E-state index is 13.7. The molecule has 0 aliphatic carbocycles. The standard InChI is InChI=1S/C25H31F2N5O2/c1-25(2,3)13-16-4-5-24-20(10-16)21(6-7-34-24)28-14-23(33)22(32-15-29-30-31-32)11-17-8-18(26)12-19(27)9-17/h4-5,8-10,12,15,21-23,28,33H,6-7,11,13-14H2,1-3H3. The van der Waals surface area contributed by atoms with Crippen LogP contribution in [0.4, 0.5) is 8.78 Å². The minimum Gasteiger partial charge on any atom is -0.493 e. The molecule has 9 heteroatoms. The Labute approximate surface area is 198 Å². The molecule has 0 amide bonds. The van der Waals surface area contributed by atoms with E-state index in [2.05, 4.69) is 53.7 Å². The predicted molar refractivity (Wildman–Crippen MR) is 123 cm³/mol. The number of nitrogens with zero attached hydrogens (tertiary/aromatic N) is 4. The Hall–Kier alpha value is -2.91. The van der Waals surface area contributed by atoms with Crippen molar-refractivity contribution in [2.45, 2.75) is 58.2 Å². The molecule has 0 saturated carbocycles. The summed E-state index contributed by atoms with van der Waals surface area (Å²) in [5.41, 5.74) is 2.90. The fourth-order valence-corrected chi connectivity index (χ4v) is 4.47. The van der Waals surface area contributed by atoms with Crippen molar-refractivity contribution in [1.82, 2.24) is 25.5 Å². The number of hydrogen-bond donors (Lipinski definition) is 2. The first kappa shape index (κ1) is 24.2. The van der Waals surface area contributed by atoms with Gasteiger partial charge >= 0.3 is 0 Å². The first-order chi connectivity index (χ1) is 16.2. The van der Waals surface area contributed by atoms with E-state index in [0.717, 1.165) is 30.2 Å². The number of tetrazole rings is 1. The van der Waals surface area contributed by atoms with Crippen LogP contribution in [0.3, 0.4) is 0 Å². The van der Waals surface area contributed by atoms with E-state index >= 15 is 0 Å². The molecule has 34 heavy (non-hydrogen) atoms. The summed E-state index contributed by atoms with van der Waals surface area (Å²) < 4.78 is 34.7. The van der Waals surface area contributed by atoms with E-state index < -0.39 is 23.8 Å². The van der Waals surface area contributed by atoms with E-state index in [1.165, 1.54) is 28.7 Å². The molecule has 3 aromatic rings. The second-order valence-corrected chi connectivity index (χ2v) is 10.1. The highest BCUT2D eigenvalue weighted by atomic mass is 19.1. The summed E-state index contributed by atoms with van der Waals surface area (Å²) in [7, 11) is 0. The average molecular weight is 472 g/mol. The molecule has 0 saturated heterocycles. The number of nitrogens with one attached hydrogen (secondary N) is 1. The lowest BCUT2D eigenvalue weighted by Crippen LogP contribution is -2.38. The van der Waals surface area contributed by atoms with Gasteiger partial charge in [0, 0.05) is 30.6 Å². The number of aliphatic hydroxyl groups excluding tert-OH is 1. The monoisotopic (exact) mass is 471 g/mol. The third-order valence-electron chi connectivity index (χ3n) is 5.94. The lowest BCUT2D eigenvalue weighted by Gasteiger charge is -2.30. The van der Waals surface area contributed by atoms with Gasteiger partial charge in [-0.05, 0) is 58.0 Å². The van der Waals surface area contributed by atoms with Crippen molar-refractivity contribution in [3.05, 3.63) is 71.1 Å². The lowest BCUT2D eigenvalue weighted by atomic mass is 9.86. The van der Waals surface area contributed by atoms with E-state index in [0.29, 0.717) is 12.2 Å². The number of benzene rings is 2. The number of fused-ring (bicyclic) bond motifs is 1. The number of aromatic nitrogens is 4. The Morgan fingerprint density at radius 2 is 1.91 bits per heavy atom. The number of rotatable bonds is 8. The highest BCUT2D eigenvalue weighted by Crippen LogP contribution is 2.34. The van der Waals surface area contributed by atoms with Gasteiger partial charge in [-0.25, -0.2) is 13.5 Å². The van der Waals surface area contributed by atoms with Crippen LogP contribution in [0.5, 0.6) is 5.75 Å². The molecule has 3 unspecified atom stereocenters. The molecule has 0 radical (unpaired) electrons. The van der Waals surface area contributed by atoms with Gasteiger partial charge in [0.05, 0.1) is 18.8 Å². The molecule has 7 nitrogen and oxygen atoms in total. The van der Waals surface area contributed by atoms with E-state index in [1.807, 2.05) is 6.07 Å². The maximum atomic E-state index is 13.7. The second kappa shape index (κ2) is 10.1. The molecule has 1 aliphatic heterocycles. The summed E-state index contributed by atoms with van der Waals surface area (Å²) in [6.45, 7) is 7.45. The third-order valence-corrected chi connectivity index (χ3v) is 5.94. The van der Waals surface area contributed by atoms with Crippen LogP contribution < -0.4 is 10.1 Å². The zero-order chi connectivity index (χ0) is 24.3. The summed E-state index contributed by atoms with van der Waals surface area (Å²) in [5, 5.41) is 25.8. The first-order valence-electron chi connectivity index (χ1n) is 11.5. The van der Waals surface area contributed by atoms with Crippen molar-refractivity contribution in [3.8, 4) is 5.75 Å². The van der Waals surface area contributed by atoms with Gasteiger partial charge in [0.15, 0.2) is 0 Å². The van der Waals surface area contributed by atoms with Gasteiger partial charge in [0.25, 0.3) is 0 Å². The van der Waals surface area contributed by atoms with Crippen LogP contribution in [-0.4, -0.2) is 44.6 Å². The highest BCUT2D eigenvalue weighted by Gasteiger charge is 2.27. The van der Waals surface area contributed by atoms with Crippen molar-refractivity contribution in [2.24, 2.45) is 5.41 Å². The van der Waals surface area contributed by atoms with E-state index in [-0.39, 0.29) is 24.4 Å². The van der Waals surface area contributed by atoms with Gasteiger partial charge in [0.1, 0.15) is 23.7 Å². The maximum Gasteiger partial charge on any atom is 0.138 e. The molecule has 0 bridgehead atoms. The zero-order valence-corrected chi connectivity index (χ0v) is 19.7. The zero-order valence-electron chi connectivity index (χ0n) is 19.7. The first-order valence-corrected chi connectivity index (χ1v) is 11.5. The Kier molecular flexibility index (Phi) is 7.23. The minimum absolute atomic E-state index is 0.0134. The Bertz CT molecular complexity index is 1080. The van der Waals surface area contributed by atoms with Crippen molar-refractivity contribution in [1.29, 1.82) is 0 Å². The van der Waals surface area contributed by atoms with E-state index in [9.17, 15) is 13.9 Å². The molecule has 182 valence electrons. The van der Waals surface area contributed by atoms with Crippen molar-refractivity contribution in [2.75, 3.05) is 13.2 Å². The summed E-state index contributed by atoms with van der Waals surface area (Å²) in [6, 6.07) is 9.05. The van der Waals surface area contributed by atoms with Gasteiger partial charge in [-0.2, -0.15) is 0 Å². The van der Waals surface area contributed by atoms with Crippen LogP contribution in [0.1, 0.15) is 56.0 Å². The van der Waals surface area contributed by atoms with Crippen LogP contribution in [0.2, 0.25) is 0 Å². The van der Waals surface area contributed by atoms with Crippen molar-refractivity contribution >= 4 is 0 Å². The van der Waals surface area contributed by atoms with Crippen LogP contribution >= 0.6 is 0 Å². The quantitative estimate of drug-likeness (QED) is 0.520. The summed E-state index contributed by atoms with van der Waals surface area (Å²) in [6.07, 6.45) is 2.37. The molecule has 0 fully saturated rings. The third kappa shape index (κ3) is 6.15. The molecule has 0 spiro atoms. The van der Waals surface area contributed by atoms with Crippen LogP contribution in [0.25, 0.3) is 0 Å². The number of ether oxygens (including phenoxy) is 1. The van der Waals surface area contributed by atoms with Gasteiger partial charge in [-0.3, -0.25) is 0 Å². The second-order valence-electron chi connectivity index (χ2n) is 10.1. The summed E-state index contributed by atoms with van der Waals surface area (Å²) in [4.78, 5) is 0. The molecule has 3 atom stereocenters. The number of aliphatic hydroxyl groups is 1. The number of halogens is 2. The highest BCUT2D eigenvalue weighted by molar-refractivity contribution is 5.41. The molecule has 2 N–H and O–H groups in total. The minimum atomic E-state index is -0.904. The van der Waals surface area contributed by atoms with Crippen molar-refractivity contribution in [3.63, 3.8) is 0 Å². The van der Waals surface area contributed by atoms with Gasteiger partial charge in [0.2, 0.25) is 0 Å². The summed E-state index contributed by atoms with van der Waals surface area (Å²) in [5.74, 6) is -0.478. The molecular weight excluding hydrogens is 440 g/mol. The average Bonchev–Trinajstić information content (AvgIpc) is 3.28. The normalized spacial score (nSPS) is 17.6. The fourth-order valence-electron chi connectivity index (χ4n) is 4.47. The SMILES string of the molecule is CC(C)(C)Cc1ccc2c(c1)C(NCC(O)C(Cc1cc(F)cc(F)c1)n1cnnn1)CCO2. The summed E-state index contributed by atoms with van der Waals surface area (Å²) >= 11 is 0. The van der Waals surface area contributed by atoms with Gasteiger partial charge in [-0.15, -0.1) is 5.10 Å². The van der Waals surface area contributed by atoms with E-state index in [1.54, 1.807) is 0 Å². The number of hydrogen-bond acceptors (Lipinski definition) is 6. The lowest BCUT2D eigenvalue weighted by molar-refractivity contribution is 0.0970.